The number of benzene rings is 4. The van der Waals surface area contributed by atoms with Crippen LogP contribution < -0.4 is 5.32 Å². The topological polar surface area (TPSA) is 75.6 Å². The third-order valence-corrected chi connectivity index (χ3v) is 6.49. The SMILES string of the molecule is COC(=O)C(Cc1ccc(-c2ccc(C(F)(F)F)cc2)cc1)NC(=O)c1cc(-c2cccc(C(F)(F)F)c2)ccc1O. The van der Waals surface area contributed by atoms with E-state index in [4.69, 9.17) is 4.74 Å². The number of rotatable bonds is 7. The molecule has 0 aliphatic heterocycles. The minimum atomic E-state index is -4.57. The van der Waals surface area contributed by atoms with E-state index in [0.717, 1.165) is 37.4 Å². The van der Waals surface area contributed by atoms with Gasteiger partial charge in [-0.2, -0.15) is 26.3 Å². The Kier molecular flexibility index (Phi) is 8.60. The molecular formula is C31H23F6NO4. The Morgan fingerprint density at radius 1 is 0.738 bits per heavy atom. The molecule has 11 heteroatoms. The van der Waals surface area contributed by atoms with Gasteiger partial charge in [0.2, 0.25) is 0 Å². The molecule has 0 bridgehead atoms. The van der Waals surface area contributed by atoms with Crippen molar-refractivity contribution in [2.45, 2.75) is 24.8 Å². The first-order valence-corrected chi connectivity index (χ1v) is 12.4. The summed E-state index contributed by atoms with van der Waals surface area (Å²) in [4.78, 5) is 25.6. The van der Waals surface area contributed by atoms with Crippen molar-refractivity contribution in [2.24, 2.45) is 0 Å². The molecule has 0 aliphatic carbocycles. The second kappa shape index (κ2) is 12.0. The van der Waals surface area contributed by atoms with E-state index in [1.165, 1.54) is 36.4 Å². The molecular weight excluding hydrogens is 564 g/mol. The zero-order chi connectivity index (χ0) is 30.7. The summed E-state index contributed by atoms with van der Waals surface area (Å²) in [6.45, 7) is 0. The summed E-state index contributed by atoms with van der Waals surface area (Å²) in [5, 5.41) is 12.8. The van der Waals surface area contributed by atoms with Crippen LogP contribution in [0, 0.1) is 0 Å². The molecule has 4 aromatic rings. The fourth-order valence-electron chi connectivity index (χ4n) is 4.26. The van der Waals surface area contributed by atoms with E-state index in [1.807, 2.05) is 0 Å². The molecule has 1 amide bonds. The van der Waals surface area contributed by atoms with Crippen LogP contribution in [0.15, 0.2) is 91.0 Å². The molecule has 0 radical (unpaired) electrons. The molecule has 4 rings (SSSR count). The van der Waals surface area contributed by atoms with E-state index in [0.29, 0.717) is 16.7 Å². The second-order valence-electron chi connectivity index (χ2n) is 9.34. The van der Waals surface area contributed by atoms with Gasteiger partial charge >= 0.3 is 18.3 Å². The number of aromatic hydroxyl groups is 1. The maximum Gasteiger partial charge on any atom is 0.416 e. The highest BCUT2D eigenvalue weighted by Crippen LogP contribution is 2.34. The van der Waals surface area contributed by atoms with Gasteiger partial charge in [0, 0.05) is 6.42 Å². The summed E-state index contributed by atoms with van der Waals surface area (Å²) < 4.78 is 82.8. The molecule has 42 heavy (non-hydrogen) atoms. The third-order valence-electron chi connectivity index (χ3n) is 6.49. The number of phenols is 1. The van der Waals surface area contributed by atoms with Gasteiger partial charge in [-0.25, -0.2) is 4.79 Å². The predicted octanol–water partition coefficient (Wildman–Crippen LogP) is 7.28. The lowest BCUT2D eigenvalue weighted by atomic mass is 9.98. The molecule has 0 saturated carbocycles. The van der Waals surface area contributed by atoms with Crippen LogP contribution in [0.2, 0.25) is 0 Å². The van der Waals surface area contributed by atoms with Crippen LogP contribution in [0.25, 0.3) is 22.3 Å². The number of ether oxygens (including phenoxy) is 1. The van der Waals surface area contributed by atoms with Crippen molar-refractivity contribution in [2.75, 3.05) is 7.11 Å². The summed E-state index contributed by atoms with van der Waals surface area (Å²) in [6, 6.07) is 18.2. The molecule has 218 valence electrons. The zero-order valence-electron chi connectivity index (χ0n) is 21.9. The van der Waals surface area contributed by atoms with Crippen molar-refractivity contribution in [1.82, 2.24) is 5.32 Å². The number of hydrogen-bond donors (Lipinski definition) is 2. The summed E-state index contributed by atoms with van der Waals surface area (Å²) in [6.07, 6.45) is -9.05. The molecule has 1 unspecified atom stereocenters. The van der Waals surface area contributed by atoms with Crippen molar-refractivity contribution in [1.29, 1.82) is 0 Å². The van der Waals surface area contributed by atoms with Crippen LogP contribution in [0.1, 0.15) is 27.0 Å². The normalized spacial score (nSPS) is 12.5. The van der Waals surface area contributed by atoms with Crippen molar-refractivity contribution in [3.05, 3.63) is 113 Å². The number of hydrogen-bond acceptors (Lipinski definition) is 4. The lowest BCUT2D eigenvalue weighted by Gasteiger charge is -2.18. The van der Waals surface area contributed by atoms with Gasteiger partial charge in [0.15, 0.2) is 0 Å². The summed E-state index contributed by atoms with van der Waals surface area (Å²) >= 11 is 0. The minimum absolute atomic E-state index is 0.0280. The molecule has 5 nitrogen and oxygen atoms in total. The maximum absolute atomic E-state index is 13.2. The molecule has 4 aromatic carbocycles. The van der Waals surface area contributed by atoms with Crippen molar-refractivity contribution < 1.29 is 45.8 Å². The molecule has 2 N–H and O–H groups in total. The number of carbonyl (C=O) groups is 2. The molecule has 0 fully saturated rings. The van der Waals surface area contributed by atoms with Gasteiger partial charge < -0.3 is 15.2 Å². The first kappa shape index (κ1) is 30.2. The lowest BCUT2D eigenvalue weighted by molar-refractivity contribution is -0.143. The predicted molar refractivity (Wildman–Crippen MR) is 142 cm³/mol. The van der Waals surface area contributed by atoms with Gasteiger partial charge in [-0.1, -0.05) is 54.6 Å². The average Bonchev–Trinajstić information content (AvgIpc) is 2.96. The lowest BCUT2D eigenvalue weighted by Crippen LogP contribution is -2.43. The highest BCUT2D eigenvalue weighted by atomic mass is 19.4. The Morgan fingerprint density at radius 2 is 1.29 bits per heavy atom. The van der Waals surface area contributed by atoms with E-state index in [-0.39, 0.29) is 23.1 Å². The quantitative estimate of drug-likeness (QED) is 0.176. The molecule has 1 atom stereocenters. The van der Waals surface area contributed by atoms with Crippen LogP contribution in [-0.2, 0) is 28.3 Å². The molecule has 0 heterocycles. The van der Waals surface area contributed by atoms with Crippen LogP contribution in [0.3, 0.4) is 0 Å². The Balaban J connectivity index is 1.52. The van der Waals surface area contributed by atoms with Crippen molar-refractivity contribution in [3.63, 3.8) is 0 Å². The van der Waals surface area contributed by atoms with E-state index < -0.39 is 47.1 Å². The Hall–Kier alpha value is -4.80. The first-order valence-electron chi connectivity index (χ1n) is 12.4. The smallest absolute Gasteiger partial charge is 0.416 e. The highest BCUT2D eigenvalue weighted by molar-refractivity contribution is 6.00. The standard InChI is InChI=1S/C31H23F6NO4/c1-42-29(41)26(15-18-5-7-19(8-6-18)20-9-12-23(13-10-20)30(32,33)34)38-28(40)25-17-22(11-14-27(25)39)21-3-2-4-24(16-21)31(35,36)37/h2-14,16-17,26,39H,15H2,1H3,(H,38,40). The number of esters is 1. The molecule has 0 aliphatic rings. The van der Waals surface area contributed by atoms with E-state index >= 15 is 0 Å². The van der Waals surface area contributed by atoms with Crippen molar-refractivity contribution in [3.8, 4) is 28.0 Å². The van der Waals surface area contributed by atoms with Crippen LogP contribution >= 0.6 is 0 Å². The fourth-order valence-corrected chi connectivity index (χ4v) is 4.26. The number of carbonyl (C=O) groups excluding carboxylic acids is 2. The highest BCUT2D eigenvalue weighted by Gasteiger charge is 2.31. The number of alkyl halides is 6. The monoisotopic (exact) mass is 587 g/mol. The summed E-state index contributed by atoms with van der Waals surface area (Å²) in [5.74, 6) is -2.10. The fraction of sp³-hybridized carbons (Fsp3) is 0.161. The number of amides is 1. The first-order chi connectivity index (χ1) is 19.8. The van der Waals surface area contributed by atoms with E-state index in [9.17, 15) is 41.0 Å². The van der Waals surface area contributed by atoms with Gasteiger partial charge in [-0.3, -0.25) is 4.79 Å². The number of methoxy groups -OCH3 is 1. The summed E-state index contributed by atoms with van der Waals surface area (Å²) in [7, 11) is 1.13. The summed E-state index contributed by atoms with van der Waals surface area (Å²) in [5.41, 5.74) is 0.236. The van der Waals surface area contributed by atoms with Gasteiger partial charge in [-0.15, -0.1) is 0 Å². The van der Waals surface area contributed by atoms with E-state index in [2.05, 4.69) is 5.32 Å². The largest absolute Gasteiger partial charge is 0.507 e. The van der Waals surface area contributed by atoms with Gasteiger partial charge in [-0.05, 0) is 64.2 Å². The molecule has 0 aromatic heterocycles. The van der Waals surface area contributed by atoms with Crippen LogP contribution in [0.5, 0.6) is 5.75 Å². The average molecular weight is 588 g/mol. The van der Waals surface area contributed by atoms with Crippen LogP contribution in [0.4, 0.5) is 26.3 Å². The number of halogens is 6. The maximum atomic E-state index is 13.2. The third kappa shape index (κ3) is 7.09. The second-order valence-corrected chi connectivity index (χ2v) is 9.34. The number of phenolic OH excluding ortho intramolecular Hbond substituents is 1. The Morgan fingerprint density at radius 3 is 1.86 bits per heavy atom. The van der Waals surface area contributed by atoms with Gasteiger partial charge in [0.05, 0.1) is 23.8 Å². The Labute approximate surface area is 236 Å². The zero-order valence-corrected chi connectivity index (χ0v) is 21.9. The molecule has 0 saturated heterocycles. The van der Waals surface area contributed by atoms with Gasteiger partial charge in [0.1, 0.15) is 11.8 Å². The van der Waals surface area contributed by atoms with E-state index in [1.54, 1.807) is 24.3 Å². The molecule has 0 spiro atoms. The number of nitrogens with one attached hydrogen (secondary N) is 1. The van der Waals surface area contributed by atoms with Crippen LogP contribution in [-0.4, -0.2) is 30.1 Å². The van der Waals surface area contributed by atoms with Gasteiger partial charge in [0.25, 0.3) is 5.91 Å². The Bertz CT molecular complexity index is 1580. The minimum Gasteiger partial charge on any atom is -0.507 e. The van der Waals surface area contributed by atoms with Crippen molar-refractivity contribution >= 4 is 11.9 Å².